The monoisotopic (exact) mass is 264 g/mol. The summed E-state index contributed by atoms with van der Waals surface area (Å²) >= 11 is 0. The Hall–Kier alpha value is -1.39. The second-order valence-corrected chi connectivity index (χ2v) is 4.63. The van der Waals surface area contributed by atoms with Gasteiger partial charge in [0.15, 0.2) is 12.4 Å². The second-order valence-electron chi connectivity index (χ2n) is 4.63. The average molecular weight is 264 g/mol. The van der Waals surface area contributed by atoms with Gasteiger partial charge >= 0.3 is 5.97 Å². The lowest BCUT2D eigenvalue weighted by Gasteiger charge is -2.26. The van der Waals surface area contributed by atoms with E-state index in [2.05, 4.69) is 0 Å². The number of carbonyl (C=O) groups excluding carboxylic acids is 1. The van der Waals surface area contributed by atoms with Gasteiger partial charge in [-0.25, -0.2) is 4.79 Å². The summed E-state index contributed by atoms with van der Waals surface area (Å²) in [6, 6.07) is 9.78. The molecule has 0 N–H and O–H groups in total. The fraction of sp³-hybridized carbons (Fsp3) is 0.533. The highest BCUT2D eigenvalue weighted by molar-refractivity contribution is 5.75. The Balaban J connectivity index is 1.97. The first-order valence-corrected chi connectivity index (χ1v) is 6.68. The van der Waals surface area contributed by atoms with Crippen LogP contribution in [-0.2, 0) is 25.4 Å². The fourth-order valence-corrected chi connectivity index (χ4v) is 2.15. The molecule has 1 aromatic rings. The second kappa shape index (κ2) is 7.26. The number of hydrogen-bond acceptors (Lipinski definition) is 4. The Morgan fingerprint density at radius 2 is 2.16 bits per heavy atom. The largest absolute Gasteiger partial charge is 0.467 e. The molecule has 4 heteroatoms. The van der Waals surface area contributed by atoms with Crippen molar-refractivity contribution in [2.45, 2.75) is 38.1 Å². The van der Waals surface area contributed by atoms with Crippen molar-refractivity contribution in [1.29, 1.82) is 0 Å². The van der Waals surface area contributed by atoms with Crippen LogP contribution in [-0.4, -0.2) is 32.1 Å². The van der Waals surface area contributed by atoms with E-state index in [0.29, 0.717) is 13.0 Å². The van der Waals surface area contributed by atoms with Crippen LogP contribution < -0.4 is 0 Å². The van der Waals surface area contributed by atoms with Crippen LogP contribution in [0.15, 0.2) is 30.3 Å². The van der Waals surface area contributed by atoms with Crippen molar-refractivity contribution in [2.24, 2.45) is 0 Å². The van der Waals surface area contributed by atoms with E-state index in [1.165, 1.54) is 7.11 Å². The summed E-state index contributed by atoms with van der Waals surface area (Å²) in [5.41, 5.74) is 1.05. The Kier molecular flexibility index (Phi) is 5.36. The van der Waals surface area contributed by atoms with E-state index in [4.69, 9.17) is 14.2 Å². The first-order chi connectivity index (χ1) is 9.29. The highest BCUT2D eigenvalue weighted by Gasteiger charge is 2.26. The topological polar surface area (TPSA) is 44.8 Å². The van der Waals surface area contributed by atoms with Gasteiger partial charge in [-0.05, 0) is 24.8 Å². The van der Waals surface area contributed by atoms with Gasteiger partial charge in [-0.3, -0.25) is 0 Å². The number of hydrogen-bond donors (Lipinski definition) is 0. The van der Waals surface area contributed by atoms with E-state index in [-0.39, 0.29) is 12.3 Å². The molecule has 1 saturated heterocycles. The standard InChI is InChI=1S/C15H20O4/c1-17-15(16)13(11-12-7-3-2-4-8-12)19-14-9-5-6-10-18-14/h2-4,7-8,13-14H,5-6,9-11H2,1H3/t13-,14?/m0/s1. The van der Waals surface area contributed by atoms with E-state index in [0.717, 1.165) is 24.8 Å². The van der Waals surface area contributed by atoms with Gasteiger partial charge in [0.05, 0.1) is 7.11 Å². The lowest BCUT2D eigenvalue weighted by Crippen LogP contribution is -2.35. The first kappa shape index (κ1) is 14.0. The van der Waals surface area contributed by atoms with Gasteiger partial charge in [-0.1, -0.05) is 30.3 Å². The van der Waals surface area contributed by atoms with E-state index in [1.54, 1.807) is 0 Å². The molecule has 0 aliphatic carbocycles. The van der Waals surface area contributed by atoms with Gasteiger partial charge < -0.3 is 14.2 Å². The lowest BCUT2D eigenvalue weighted by atomic mass is 10.1. The van der Waals surface area contributed by atoms with Gasteiger partial charge in [0, 0.05) is 13.0 Å². The van der Waals surface area contributed by atoms with Gasteiger partial charge in [0.2, 0.25) is 0 Å². The first-order valence-electron chi connectivity index (χ1n) is 6.68. The third-order valence-corrected chi connectivity index (χ3v) is 3.18. The molecular formula is C15H20O4. The zero-order chi connectivity index (χ0) is 13.5. The molecule has 4 nitrogen and oxygen atoms in total. The highest BCUT2D eigenvalue weighted by Crippen LogP contribution is 2.18. The SMILES string of the molecule is COC(=O)[C@H](Cc1ccccc1)OC1CCCCO1. The predicted molar refractivity (Wildman–Crippen MR) is 70.6 cm³/mol. The summed E-state index contributed by atoms with van der Waals surface area (Å²) in [5.74, 6) is -0.349. The van der Waals surface area contributed by atoms with Crippen LogP contribution in [0.4, 0.5) is 0 Å². The fourth-order valence-electron chi connectivity index (χ4n) is 2.15. The van der Waals surface area contributed by atoms with Crippen LogP contribution in [0.5, 0.6) is 0 Å². The average Bonchev–Trinajstić information content (AvgIpc) is 2.48. The Morgan fingerprint density at radius 3 is 2.79 bits per heavy atom. The number of methoxy groups -OCH3 is 1. The highest BCUT2D eigenvalue weighted by atomic mass is 16.7. The molecule has 19 heavy (non-hydrogen) atoms. The summed E-state index contributed by atoms with van der Waals surface area (Å²) in [6.07, 6.45) is 2.58. The zero-order valence-corrected chi connectivity index (χ0v) is 11.2. The van der Waals surface area contributed by atoms with Crippen LogP contribution in [0.1, 0.15) is 24.8 Å². The molecule has 2 atom stereocenters. The molecule has 1 unspecified atom stereocenters. The third kappa shape index (κ3) is 4.33. The molecular weight excluding hydrogens is 244 g/mol. The number of rotatable bonds is 5. The third-order valence-electron chi connectivity index (χ3n) is 3.18. The van der Waals surface area contributed by atoms with Gasteiger partial charge in [0.25, 0.3) is 0 Å². The zero-order valence-electron chi connectivity index (χ0n) is 11.2. The van der Waals surface area contributed by atoms with Crippen LogP contribution >= 0.6 is 0 Å². The summed E-state index contributed by atoms with van der Waals surface area (Å²) < 4.78 is 16.1. The molecule has 104 valence electrons. The molecule has 0 saturated carbocycles. The molecule has 0 aromatic heterocycles. The van der Waals surface area contributed by atoms with E-state index >= 15 is 0 Å². The predicted octanol–water partition coefficient (Wildman–Crippen LogP) is 2.31. The van der Waals surface area contributed by atoms with Gasteiger partial charge in [0.1, 0.15) is 0 Å². The lowest BCUT2D eigenvalue weighted by molar-refractivity contribution is -0.202. The van der Waals surface area contributed by atoms with Crippen molar-refractivity contribution < 1.29 is 19.0 Å². The van der Waals surface area contributed by atoms with E-state index in [9.17, 15) is 4.79 Å². The van der Waals surface area contributed by atoms with Crippen molar-refractivity contribution in [3.05, 3.63) is 35.9 Å². The molecule has 0 bridgehead atoms. The quantitative estimate of drug-likeness (QED) is 0.766. The summed E-state index contributed by atoms with van der Waals surface area (Å²) in [6.45, 7) is 0.698. The summed E-state index contributed by atoms with van der Waals surface area (Å²) in [4.78, 5) is 11.8. The molecule has 1 heterocycles. The minimum atomic E-state index is -0.601. The molecule has 1 aliphatic heterocycles. The number of esters is 1. The minimum Gasteiger partial charge on any atom is -0.467 e. The smallest absolute Gasteiger partial charge is 0.335 e. The number of ether oxygens (including phenoxy) is 3. The summed E-state index contributed by atoms with van der Waals surface area (Å²) in [7, 11) is 1.38. The van der Waals surface area contributed by atoms with Crippen molar-refractivity contribution in [2.75, 3.05) is 13.7 Å². The molecule has 1 fully saturated rings. The minimum absolute atomic E-state index is 0.290. The molecule has 1 aromatic carbocycles. The Bertz CT molecular complexity index is 384. The maximum Gasteiger partial charge on any atom is 0.335 e. The van der Waals surface area contributed by atoms with Crippen LogP contribution in [0.3, 0.4) is 0 Å². The van der Waals surface area contributed by atoms with Crippen molar-refractivity contribution >= 4 is 5.97 Å². The number of benzene rings is 1. The van der Waals surface area contributed by atoms with Gasteiger partial charge in [-0.15, -0.1) is 0 Å². The van der Waals surface area contributed by atoms with Crippen molar-refractivity contribution in [3.8, 4) is 0 Å². The van der Waals surface area contributed by atoms with Crippen LogP contribution in [0.25, 0.3) is 0 Å². The molecule has 0 amide bonds. The van der Waals surface area contributed by atoms with Crippen molar-refractivity contribution in [3.63, 3.8) is 0 Å². The summed E-state index contributed by atoms with van der Waals surface area (Å²) in [5, 5.41) is 0. The van der Waals surface area contributed by atoms with E-state index in [1.807, 2.05) is 30.3 Å². The number of carbonyl (C=O) groups is 1. The van der Waals surface area contributed by atoms with E-state index < -0.39 is 6.10 Å². The maximum atomic E-state index is 11.8. The maximum absolute atomic E-state index is 11.8. The molecule has 1 aliphatic rings. The molecule has 0 spiro atoms. The Morgan fingerprint density at radius 1 is 1.37 bits per heavy atom. The normalized spacial score (nSPS) is 20.8. The van der Waals surface area contributed by atoms with Crippen LogP contribution in [0.2, 0.25) is 0 Å². The van der Waals surface area contributed by atoms with Gasteiger partial charge in [-0.2, -0.15) is 0 Å². The van der Waals surface area contributed by atoms with Crippen molar-refractivity contribution in [1.82, 2.24) is 0 Å². The Labute approximate surface area is 113 Å². The molecule has 2 rings (SSSR count). The van der Waals surface area contributed by atoms with Crippen LogP contribution in [0, 0.1) is 0 Å². The molecule has 0 radical (unpaired) electrons.